The molecule has 1 aliphatic carbocycles. The maximum Gasteiger partial charge on any atom is 0.319 e. The zero-order valence-electron chi connectivity index (χ0n) is 24.2. The molecule has 2 unspecified atom stereocenters. The Morgan fingerprint density at radius 2 is 1.79 bits per heavy atom. The maximum absolute atomic E-state index is 16.7. The van der Waals surface area contributed by atoms with Gasteiger partial charge >= 0.3 is 6.01 Å². The van der Waals surface area contributed by atoms with Gasteiger partial charge in [-0.05, 0) is 98.7 Å². The molecular formula is C34H37F2N5O. The summed E-state index contributed by atoms with van der Waals surface area (Å²) in [5.41, 5.74) is 1.58. The van der Waals surface area contributed by atoms with Crippen molar-refractivity contribution in [2.75, 3.05) is 37.7 Å². The van der Waals surface area contributed by atoms with E-state index in [2.05, 4.69) is 14.8 Å². The second-order valence-electron chi connectivity index (χ2n) is 13.0. The first-order chi connectivity index (χ1) is 20.5. The molecule has 2 bridgehead atoms. The van der Waals surface area contributed by atoms with Crippen molar-refractivity contribution in [2.45, 2.75) is 63.8 Å². The Morgan fingerprint density at radius 3 is 2.55 bits per heavy atom. The van der Waals surface area contributed by atoms with Crippen LogP contribution in [0, 0.1) is 23.5 Å². The van der Waals surface area contributed by atoms with Crippen LogP contribution >= 0.6 is 0 Å². The number of fused-ring (bicyclic) bond motifs is 5. The molecule has 5 heterocycles. The van der Waals surface area contributed by atoms with E-state index in [1.165, 1.54) is 38.2 Å². The van der Waals surface area contributed by atoms with Crippen molar-refractivity contribution < 1.29 is 13.5 Å². The highest BCUT2D eigenvalue weighted by molar-refractivity contribution is 6.00. The lowest BCUT2D eigenvalue weighted by Crippen LogP contribution is -2.43. The first kappa shape index (κ1) is 26.3. The normalized spacial score (nSPS) is 23.3. The molecule has 0 N–H and O–H groups in total. The molecule has 6 nitrogen and oxygen atoms in total. The third-order valence-corrected chi connectivity index (χ3v) is 10.5. The van der Waals surface area contributed by atoms with Crippen LogP contribution < -0.4 is 9.64 Å². The molecule has 2 aromatic heterocycles. The molecule has 2 aromatic carbocycles. The van der Waals surface area contributed by atoms with Gasteiger partial charge in [0, 0.05) is 24.8 Å². The van der Waals surface area contributed by atoms with Gasteiger partial charge in [0.15, 0.2) is 5.82 Å². The first-order valence-electron chi connectivity index (χ1n) is 15.7. The van der Waals surface area contributed by atoms with E-state index >= 15 is 4.39 Å². The highest BCUT2D eigenvalue weighted by Crippen LogP contribution is 2.42. The molecule has 4 aromatic rings. The zero-order valence-corrected chi connectivity index (χ0v) is 24.2. The third-order valence-electron chi connectivity index (χ3n) is 10.5. The van der Waals surface area contributed by atoms with E-state index in [9.17, 15) is 4.39 Å². The second kappa shape index (κ2) is 10.1. The van der Waals surface area contributed by atoms with E-state index in [1.807, 2.05) is 25.1 Å². The third kappa shape index (κ3) is 4.16. The summed E-state index contributed by atoms with van der Waals surface area (Å²) in [6.07, 6.45) is 10.5. The fourth-order valence-electron chi connectivity index (χ4n) is 8.53. The van der Waals surface area contributed by atoms with Gasteiger partial charge in [-0.3, -0.25) is 9.88 Å². The number of halogens is 2. The monoisotopic (exact) mass is 569 g/mol. The molecule has 0 radical (unpaired) electrons. The Morgan fingerprint density at radius 1 is 1.00 bits per heavy atom. The van der Waals surface area contributed by atoms with Crippen molar-refractivity contribution in [3.05, 3.63) is 53.7 Å². The molecule has 8 rings (SSSR count). The minimum Gasteiger partial charge on any atom is -0.461 e. The van der Waals surface area contributed by atoms with Crippen molar-refractivity contribution in [3.8, 4) is 17.3 Å². The molecule has 218 valence electrons. The van der Waals surface area contributed by atoms with Crippen LogP contribution in [-0.2, 0) is 6.42 Å². The average Bonchev–Trinajstić information content (AvgIpc) is 3.69. The molecule has 3 aliphatic heterocycles. The molecule has 1 saturated carbocycles. The van der Waals surface area contributed by atoms with Crippen molar-refractivity contribution in [2.24, 2.45) is 11.8 Å². The summed E-state index contributed by atoms with van der Waals surface area (Å²) in [5.74, 6) is 1.19. The Balaban J connectivity index is 1.26. The van der Waals surface area contributed by atoms with Gasteiger partial charge in [-0.25, -0.2) is 8.78 Å². The molecule has 3 saturated heterocycles. The number of aryl methyl sites for hydroxylation is 1. The SMILES string of the molecule is CCc1c(F)ccc2cccc(-c3ncc4c(N5CC6CCC(C6)C5)nc(OCC56CCCN5CCC6)nc4c3F)c12. The Labute approximate surface area is 245 Å². The van der Waals surface area contributed by atoms with Gasteiger partial charge in [0.05, 0.1) is 10.9 Å². The van der Waals surface area contributed by atoms with Crippen LogP contribution in [0.1, 0.15) is 57.4 Å². The summed E-state index contributed by atoms with van der Waals surface area (Å²) in [5, 5.41) is 2.17. The molecule has 4 fully saturated rings. The van der Waals surface area contributed by atoms with E-state index < -0.39 is 5.82 Å². The fourth-order valence-corrected chi connectivity index (χ4v) is 8.53. The zero-order chi connectivity index (χ0) is 28.4. The average molecular weight is 570 g/mol. The minimum atomic E-state index is -0.513. The lowest BCUT2D eigenvalue weighted by molar-refractivity contribution is 0.108. The summed E-state index contributed by atoms with van der Waals surface area (Å²) in [7, 11) is 0. The Kier molecular flexibility index (Phi) is 6.32. The van der Waals surface area contributed by atoms with Crippen molar-refractivity contribution >= 4 is 27.5 Å². The van der Waals surface area contributed by atoms with Gasteiger partial charge < -0.3 is 9.64 Å². The van der Waals surface area contributed by atoms with Gasteiger partial charge in [0.2, 0.25) is 0 Å². The van der Waals surface area contributed by atoms with E-state index in [1.54, 1.807) is 12.3 Å². The van der Waals surface area contributed by atoms with Gasteiger partial charge in [-0.1, -0.05) is 31.2 Å². The predicted molar refractivity (Wildman–Crippen MR) is 161 cm³/mol. The summed E-state index contributed by atoms with van der Waals surface area (Å²) in [6.45, 7) is 6.48. The molecular weight excluding hydrogens is 532 g/mol. The van der Waals surface area contributed by atoms with E-state index in [-0.39, 0.29) is 28.6 Å². The Hall–Kier alpha value is -3.39. The first-order valence-corrected chi connectivity index (χ1v) is 15.7. The van der Waals surface area contributed by atoms with E-state index in [4.69, 9.17) is 14.7 Å². The fraction of sp³-hybridized carbons (Fsp3) is 0.500. The molecule has 4 aliphatic rings. The number of ether oxygens (including phenoxy) is 1. The lowest BCUT2D eigenvalue weighted by Gasteiger charge is -2.34. The van der Waals surface area contributed by atoms with Crippen LogP contribution in [0.2, 0.25) is 0 Å². The maximum atomic E-state index is 16.7. The van der Waals surface area contributed by atoms with Crippen molar-refractivity contribution in [1.82, 2.24) is 19.9 Å². The number of anilines is 1. The molecule has 8 heteroatoms. The van der Waals surface area contributed by atoms with Gasteiger partial charge in [0.25, 0.3) is 0 Å². The smallest absolute Gasteiger partial charge is 0.319 e. The molecule has 2 atom stereocenters. The lowest BCUT2D eigenvalue weighted by atomic mass is 9.95. The molecule has 42 heavy (non-hydrogen) atoms. The summed E-state index contributed by atoms with van der Waals surface area (Å²) in [4.78, 5) is 19.2. The highest BCUT2D eigenvalue weighted by atomic mass is 19.1. The number of piperidine rings is 1. The topological polar surface area (TPSA) is 54.4 Å². The summed E-state index contributed by atoms with van der Waals surface area (Å²) >= 11 is 0. The Bertz CT molecular complexity index is 1670. The van der Waals surface area contributed by atoms with E-state index in [0.717, 1.165) is 50.2 Å². The quantitative estimate of drug-likeness (QED) is 0.251. The van der Waals surface area contributed by atoms with Crippen LogP contribution in [0.25, 0.3) is 32.9 Å². The van der Waals surface area contributed by atoms with Crippen molar-refractivity contribution in [1.29, 1.82) is 0 Å². The summed E-state index contributed by atoms with van der Waals surface area (Å²) < 4.78 is 38.0. The van der Waals surface area contributed by atoms with Crippen LogP contribution in [0.3, 0.4) is 0 Å². The highest BCUT2D eigenvalue weighted by Gasteiger charge is 2.45. The van der Waals surface area contributed by atoms with Gasteiger partial charge in [-0.15, -0.1) is 0 Å². The minimum absolute atomic E-state index is 0.0360. The number of rotatable bonds is 6. The number of pyridine rings is 1. The number of hydrogen-bond acceptors (Lipinski definition) is 6. The second-order valence-corrected chi connectivity index (χ2v) is 13.0. The van der Waals surface area contributed by atoms with Crippen LogP contribution in [-0.4, -0.2) is 58.2 Å². The van der Waals surface area contributed by atoms with Crippen LogP contribution in [0.5, 0.6) is 6.01 Å². The molecule has 0 amide bonds. The van der Waals surface area contributed by atoms with Gasteiger partial charge in [-0.2, -0.15) is 9.97 Å². The number of hydrogen-bond donors (Lipinski definition) is 0. The largest absolute Gasteiger partial charge is 0.461 e. The number of benzene rings is 2. The van der Waals surface area contributed by atoms with Crippen LogP contribution in [0.4, 0.5) is 14.6 Å². The van der Waals surface area contributed by atoms with Crippen LogP contribution in [0.15, 0.2) is 36.5 Å². The summed E-state index contributed by atoms with van der Waals surface area (Å²) in [6, 6.07) is 9.10. The number of nitrogens with zero attached hydrogens (tertiary/aromatic N) is 5. The van der Waals surface area contributed by atoms with Crippen molar-refractivity contribution in [3.63, 3.8) is 0 Å². The predicted octanol–water partition coefficient (Wildman–Crippen LogP) is 6.93. The standard InChI is InChI=1S/C34H37F2N5O/c1-2-24-27(35)11-10-23-6-3-7-25(28(23)24)30-29(36)31-26(17-37-30)32(40-18-21-8-9-22(16-21)19-40)39-33(38-31)42-20-34-12-4-14-41(34)15-5-13-34/h3,6-7,10-11,17,21-22H,2,4-5,8-9,12-16,18-20H2,1H3. The molecule has 0 spiro atoms. The van der Waals surface area contributed by atoms with E-state index in [0.29, 0.717) is 46.8 Å². The van der Waals surface area contributed by atoms with Gasteiger partial charge in [0.1, 0.15) is 29.5 Å². The number of aromatic nitrogens is 3.